The van der Waals surface area contributed by atoms with Crippen molar-refractivity contribution in [3.63, 3.8) is 0 Å². The minimum Gasteiger partial charge on any atom is -0.435 e. The van der Waals surface area contributed by atoms with Crippen molar-refractivity contribution in [3.05, 3.63) is 41.3 Å². The molecule has 0 bridgehead atoms. The number of rotatable bonds is 7. The number of hydrogen-bond acceptors (Lipinski definition) is 6. The van der Waals surface area contributed by atoms with Gasteiger partial charge in [0.05, 0.1) is 5.92 Å². The highest BCUT2D eigenvalue weighted by molar-refractivity contribution is 7.89. The van der Waals surface area contributed by atoms with Gasteiger partial charge in [-0.25, -0.2) is 8.42 Å². The molecule has 8 nitrogen and oxygen atoms in total. The molecule has 1 aromatic carbocycles. The van der Waals surface area contributed by atoms with Crippen LogP contribution >= 0.6 is 0 Å². The van der Waals surface area contributed by atoms with E-state index in [1.165, 1.54) is 16.4 Å². The molecule has 11 heteroatoms. The predicted octanol–water partition coefficient (Wildman–Crippen LogP) is 2.61. The average molecular weight is 443 g/mol. The number of benzene rings is 1. The molecule has 1 saturated heterocycles. The number of carbonyl (C=O) groups is 1. The van der Waals surface area contributed by atoms with E-state index < -0.39 is 22.6 Å². The van der Waals surface area contributed by atoms with Crippen molar-refractivity contribution in [1.29, 1.82) is 0 Å². The zero-order chi connectivity index (χ0) is 21.9. The van der Waals surface area contributed by atoms with Gasteiger partial charge < -0.3 is 14.6 Å². The lowest BCUT2D eigenvalue weighted by molar-refractivity contribution is -0.126. The van der Waals surface area contributed by atoms with Gasteiger partial charge in [-0.05, 0) is 44.4 Å². The standard InChI is InChI=1S/C19H23F2N3O5S/c1-12-17(13(2)29-23-12)30(26,27)24-9-3-4-15(11-24)18(25)22-10-14-5-7-16(8-6-14)28-19(20)21/h5-8,15,19H,3-4,9-11H2,1-2H3,(H,22,25)/t15-/m0/s1. The Morgan fingerprint density at radius 1 is 1.33 bits per heavy atom. The maximum atomic E-state index is 13.0. The third-order valence-electron chi connectivity index (χ3n) is 4.94. The minimum absolute atomic E-state index is 0.0347. The highest BCUT2D eigenvalue weighted by Gasteiger charge is 2.36. The first-order valence-electron chi connectivity index (χ1n) is 9.43. The van der Waals surface area contributed by atoms with Crippen LogP contribution < -0.4 is 10.1 Å². The van der Waals surface area contributed by atoms with Gasteiger partial charge in [0, 0.05) is 19.6 Å². The highest BCUT2D eigenvalue weighted by atomic mass is 32.2. The Hall–Kier alpha value is -2.53. The van der Waals surface area contributed by atoms with Crippen LogP contribution in [0.3, 0.4) is 0 Å². The maximum Gasteiger partial charge on any atom is 0.387 e. The van der Waals surface area contributed by atoms with E-state index in [9.17, 15) is 22.0 Å². The first-order valence-corrected chi connectivity index (χ1v) is 10.9. The van der Waals surface area contributed by atoms with Crippen LogP contribution in [0.5, 0.6) is 5.75 Å². The van der Waals surface area contributed by atoms with Crippen LogP contribution in [-0.2, 0) is 21.4 Å². The molecule has 3 rings (SSSR count). The van der Waals surface area contributed by atoms with Crippen molar-refractivity contribution in [1.82, 2.24) is 14.8 Å². The van der Waals surface area contributed by atoms with Crippen LogP contribution in [0.1, 0.15) is 29.9 Å². The van der Waals surface area contributed by atoms with Crippen molar-refractivity contribution >= 4 is 15.9 Å². The van der Waals surface area contributed by atoms with Crippen molar-refractivity contribution in [2.45, 2.75) is 44.7 Å². The first kappa shape index (κ1) is 22.2. The third kappa shape index (κ3) is 4.96. The Bertz CT molecular complexity index is 973. The lowest BCUT2D eigenvalue weighted by Gasteiger charge is -2.31. The van der Waals surface area contributed by atoms with Gasteiger partial charge in [-0.15, -0.1) is 0 Å². The summed E-state index contributed by atoms with van der Waals surface area (Å²) in [5.41, 5.74) is 0.999. The maximum absolute atomic E-state index is 13.0. The molecular formula is C19H23F2N3O5S. The van der Waals surface area contributed by atoms with Gasteiger partial charge in [-0.3, -0.25) is 4.79 Å². The lowest BCUT2D eigenvalue weighted by Crippen LogP contribution is -2.45. The first-order chi connectivity index (χ1) is 14.2. The quantitative estimate of drug-likeness (QED) is 0.706. The van der Waals surface area contributed by atoms with Crippen LogP contribution in [-0.4, -0.2) is 43.5 Å². The Kier molecular flexibility index (Phi) is 6.71. The van der Waals surface area contributed by atoms with Crippen molar-refractivity contribution < 1.29 is 31.3 Å². The fourth-order valence-electron chi connectivity index (χ4n) is 3.47. The molecule has 2 heterocycles. The average Bonchev–Trinajstić information content (AvgIpc) is 3.05. The second kappa shape index (κ2) is 9.09. The summed E-state index contributed by atoms with van der Waals surface area (Å²) in [6.07, 6.45) is 1.13. The van der Waals surface area contributed by atoms with E-state index >= 15 is 0 Å². The molecule has 30 heavy (non-hydrogen) atoms. The summed E-state index contributed by atoms with van der Waals surface area (Å²) < 4.78 is 60.9. The highest BCUT2D eigenvalue weighted by Crippen LogP contribution is 2.27. The van der Waals surface area contributed by atoms with Gasteiger partial charge in [0.25, 0.3) is 0 Å². The summed E-state index contributed by atoms with van der Waals surface area (Å²) in [6, 6.07) is 5.94. The smallest absolute Gasteiger partial charge is 0.387 e. The zero-order valence-corrected chi connectivity index (χ0v) is 17.4. The second-order valence-corrected chi connectivity index (χ2v) is 8.97. The Balaban J connectivity index is 1.60. The fraction of sp³-hybridized carbons (Fsp3) is 0.474. The van der Waals surface area contributed by atoms with Gasteiger partial charge in [0.2, 0.25) is 15.9 Å². The molecule has 2 aromatic rings. The molecular weight excluding hydrogens is 420 g/mol. The van der Waals surface area contributed by atoms with Crippen LogP contribution in [0.2, 0.25) is 0 Å². The van der Waals surface area contributed by atoms with Gasteiger partial charge >= 0.3 is 6.61 Å². The molecule has 164 valence electrons. The third-order valence-corrected chi connectivity index (χ3v) is 7.05. The number of alkyl halides is 2. The topological polar surface area (TPSA) is 102 Å². The summed E-state index contributed by atoms with van der Waals surface area (Å²) in [4.78, 5) is 12.6. The second-order valence-electron chi connectivity index (χ2n) is 7.10. The molecule has 1 aliphatic heterocycles. The summed E-state index contributed by atoms with van der Waals surface area (Å²) >= 11 is 0. The fourth-order valence-corrected chi connectivity index (χ4v) is 5.28. The summed E-state index contributed by atoms with van der Waals surface area (Å²) in [5.74, 6) is -0.497. The monoisotopic (exact) mass is 443 g/mol. The Morgan fingerprint density at radius 2 is 2.03 bits per heavy atom. The van der Waals surface area contributed by atoms with Gasteiger partial charge in [-0.2, -0.15) is 13.1 Å². The number of ether oxygens (including phenoxy) is 1. The molecule has 1 aliphatic rings. The number of nitrogens with zero attached hydrogens (tertiary/aromatic N) is 2. The molecule has 0 spiro atoms. The van der Waals surface area contributed by atoms with Crippen LogP contribution in [0.25, 0.3) is 0 Å². The number of carbonyl (C=O) groups excluding carboxylic acids is 1. The number of sulfonamides is 1. The molecule has 1 fully saturated rings. The lowest BCUT2D eigenvalue weighted by atomic mass is 9.99. The molecule has 1 N–H and O–H groups in total. The van der Waals surface area contributed by atoms with Crippen LogP contribution in [0, 0.1) is 19.8 Å². The zero-order valence-electron chi connectivity index (χ0n) is 16.6. The number of nitrogens with one attached hydrogen (secondary N) is 1. The SMILES string of the molecule is Cc1noc(C)c1S(=O)(=O)N1CCC[C@H](C(=O)NCc2ccc(OC(F)F)cc2)C1. The molecule has 0 aliphatic carbocycles. The van der Waals surface area contributed by atoms with Crippen molar-refractivity contribution in [2.75, 3.05) is 13.1 Å². The van der Waals surface area contributed by atoms with Crippen LogP contribution in [0.15, 0.2) is 33.7 Å². The van der Waals surface area contributed by atoms with E-state index in [0.29, 0.717) is 30.6 Å². The molecule has 0 radical (unpaired) electrons. The van der Waals surface area contributed by atoms with E-state index in [-0.39, 0.29) is 35.4 Å². The van der Waals surface area contributed by atoms with E-state index in [4.69, 9.17) is 4.52 Å². The van der Waals surface area contributed by atoms with E-state index in [2.05, 4.69) is 15.2 Å². The van der Waals surface area contributed by atoms with Crippen molar-refractivity contribution in [3.8, 4) is 5.75 Å². The Labute approximate surface area is 173 Å². The normalized spacial score (nSPS) is 17.8. The molecule has 0 unspecified atom stereocenters. The van der Waals surface area contributed by atoms with Gasteiger partial charge in [0.15, 0.2) is 5.76 Å². The van der Waals surface area contributed by atoms with Gasteiger partial charge in [-0.1, -0.05) is 17.3 Å². The van der Waals surface area contributed by atoms with Gasteiger partial charge in [0.1, 0.15) is 16.3 Å². The summed E-state index contributed by atoms with van der Waals surface area (Å²) in [5, 5.41) is 6.48. The minimum atomic E-state index is -3.81. The number of hydrogen-bond donors (Lipinski definition) is 1. The summed E-state index contributed by atoms with van der Waals surface area (Å²) in [7, 11) is -3.81. The number of piperidine rings is 1. The molecule has 1 amide bonds. The van der Waals surface area contributed by atoms with E-state index in [1.54, 1.807) is 26.0 Å². The summed E-state index contributed by atoms with van der Waals surface area (Å²) in [6.45, 7) is 0.794. The number of amides is 1. The number of aromatic nitrogens is 1. The largest absolute Gasteiger partial charge is 0.435 e. The molecule has 0 saturated carbocycles. The number of halogens is 2. The predicted molar refractivity (Wildman–Crippen MR) is 102 cm³/mol. The molecule has 1 aromatic heterocycles. The van der Waals surface area contributed by atoms with E-state index in [0.717, 1.165) is 0 Å². The van der Waals surface area contributed by atoms with Crippen molar-refractivity contribution in [2.24, 2.45) is 5.92 Å². The van der Waals surface area contributed by atoms with E-state index in [1.807, 2.05) is 0 Å². The number of aryl methyl sites for hydroxylation is 2. The Morgan fingerprint density at radius 3 is 2.63 bits per heavy atom. The van der Waals surface area contributed by atoms with Crippen LogP contribution in [0.4, 0.5) is 8.78 Å². The molecule has 1 atom stereocenters.